The van der Waals surface area contributed by atoms with Gasteiger partial charge < -0.3 is 10.3 Å². The smallest absolute Gasteiger partial charge is 0.250 e. The zero-order valence-corrected chi connectivity index (χ0v) is 18.4. The van der Waals surface area contributed by atoms with Crippen LogP contribution >= 0.6 is 0 Å². The number of carbonyl (C=O) groups is 3. The highest BCUT2D eigenvalue weighted by Crippen LogP contribution is 2.53. The van der Waals surface area contributed by atoms with Crippen molar-refractivity contribution in [2.24, 2.45) is 11.8 Å². The maximum Gasteiger partial charge on any atom is 0.250 e. The van der Waals surface area contributed by atoms with Gasteiger partial charge in [-0.25, -0.2) is 0 Å². The van der Waals surface area contributed by atoms with Crippen LogP contribution in [0.4, 0.5) is 5.69 Å². The molecule has 0 bridgehead atoms. The van der Waals surface area contributed by atoms with Crippen LogP contribution in [0.25, 0.3) is 10.9 Å². The Balaban J connectivity index is 1.46. The number of aromatic amines is 1. The van der Waals surface area contributed by atoms with Crippen molar-refractivity contribution in [1.82, 2.24) is 15.2 Å². The van der Waals surface area contributed by atoms with Crippen molar-refractivity contribution in [3.05, 3.63) is 65.9 Å². The Morgan fingerprint density at radius 1 is 1.00 bits per heavy atom. The maximum atomic E-state index is 13.7. The molecule has 3 aliphatic rings. The molecule has 2 saturated heterocycles. The van der Waals surface area contributed by atoms with Crippen LogP contribution in [0.5, 0.6) is 0 Å². The summed E-state index contributed by atoms with van der Waals surface area (Å²) in [6, 6.07) is 15.2. The number of rotatable bonds is 5. The van der Waals surface area contributed by atoms with Gasteiger partial charge in [0.1, 0.15) is 5.54 Å². The highest BCUT2D eigenvalue weighted by Gasteiger charge is 2.70. The fourth-order valence-electron chi connectivity index (χ4n) is 6.07. The maximum absolute atomic E-state index is 13.7. The summed E-state index contributed by atoms with van der Waals surface area (Å²) >= 11 is 0. The van der Waals surface area contributed by atoms with Crippen LogP contribution in [-0.4, -0.2) is 40.2 Å². The molecule has 2 aromatic carbocycles. The minimum atomic E-state index is -1.23. The number of carbonyl (C=O) groups excluding carboxylic acids is 3. The van der Waals surface area contributed by atoms with E-state index in [9.17, 15) is 14.4 Å². The van der Waals surface area contributed by atoms with Crippen LogP contribution in [0.3, 0.4) is 0 Å². The number of aromatic nitrogens is 1. The second-order valence-corrected chi connectivity index (χ2v) is 9.31. The number of anilines is 1. The lowest BCUT2D eigenvalue weighted by atomic mass is 9.76. The molecule has 3 aromatic rings. The second-order valence-electron chi connectivity index (χ2n) is 9.31. The van der Waals surface area contributed by atoms with Gasteiger partial charge in [0, 0.05) is 40.9 Å². The molecule has 4 atom stereocenters. The third-order valence-electron chi connectivity index (χ3n) is 7.56. The fourth-order valence-corrected chi connectivity index (χ4v) is 6.07. The van der Waals surface area contributed by atoms with Crippen LogP contribution in [0.2, 0.25) is 0 Å². The molecule has 3 amide bonds. The van der Waals surface area contributed by atoms with Crippen molar-refractivity contribution in [3.8, 4) is 0 Å². The van der Waals surface area contributed by atoms with E-state index in [1.54, 1.807) is 0 Å². The predicted octanol–water partition coefficient (Wildman–Crippen LogP) is 2.93. The number of nitrogens with one attached hydrogen (secondary N) is 3. The number of fused-ring (bicyclic) bond motifs is 5. The number of imide groups is 1. The molecule has 4 heterocycles. The Kier molecular flexibility index (Phi) is 4.45. The van der Waals surface area contributed by atoms with Crippen molar-refractivity contribution >= 4 is 34.3 Å². The lowest BCUT2D eigenvalue weighted by Gasteiger charge is -2.29. The van der Waals surface area contributed by atoms with E-state index in [1.165, 1.54) is 4.90 Å². The monoisotopic (exact) mass is 442 g/mol. The number of H-pyrrole nitrogens is 1. The van der Waals surface area contributed by atoms with E-state index in [1.807, 2.05) is 55.6 Å². The minimum Gasteiger partial charge on any atom is -0.361 e. The van der Waals surface area contributed by atoms with Gasteiger partial charge in [0.05, 0.1) is 11.8 Å². The lowest BCUT2D eigenvalue weighted by Crippen LogP contribution is -2.53. The van der Waals surface area contributed by atoms with Gasteiger partial charge in [-0.1, -0.05) is 49.7 Å². The first-order valence-corrected chi connectivity index (χ1v) is 11.6. The SMILES string of the molecule is CCCCN1C(=O)[C@H]2[C@H](Cc3c[nH]c4ccccc34)N[C@@]3(C(=O)Nc4ccccc43)[C@@H]2C1=O. The normalized spacial score (nSPS) is 28.1. The molecule has 0 saturated carbocycles. The van der Waals surface area contributed by atoms with Gasteiger partial charge in [0.2, 0.25) is 17.7 Å². The summed E-state index contributed by atoms with van der Waals surface area (Å²) in [5.74, 6) is -1.98. The van der Waals surface area contributed by atoms with Gasteiger partial charge in [-0.2, -0.15) is 0 Å². The van der Waals surface area contributed by atoms with E-state index in [4.69, 9.17) is 0 Å². The molecule has 7 nitrogen and oxygen atoms in total. The van der Waals surface area contributed by atoms with Crippen LogP contribution in [-0.2, 0) is 26.3 Å². The van der Waals surface area contributed by atoms with E-state index in [0.717, 1.165) is 34.9 Å². The number of hydrogen-bond donors (Lipinski definition) is 3. The van der Waals surface area contributed by atoms with E-state index < -0.39 is 17.4 Å². The Hall–Kier alpha value is -3.45. The van der Waals surface area contributed by atoms with Crippen molar-refractivity contribution in [2.75, 3.05) is 11.9 Å². The third kappa shape index (κ3) is 2.69. The molecule has 1 aromatic heterocycles. The van der Waals surface area contributed by atoms with Gasteiger partial charge >= 0.3 is 0 Å². The highest BCUT2D eigenvalue weighted by molar-refractivity contribution is 6.15. The summed E-state index contributed by atoms with van der Waals surface area (Å²) in [6.07, 6.45) is 4.15. The quantitative estimate of drug-likeness (QED) is 0.530. The molecule has 3 N–H and O–H groups in total. The molecule has 3 aliphatic heterocycles. The predicted molar refractivity (Wildman–Crippen MR) is 124 cm³/mol. The summed E-state index contributed by atoms with van der Waals surface area (Å²) in [6.45, 7) is 2.44. The lowest BCUT2D eigenvalue weighted by molar-refractivity contribution is -0.142. The Bertz CT molecular complexity index is 1300. The van der Waals surface area contributed by atoms with E-state index in [2.05, 4.69) is 21.7 Å². The van der Waals surface area contributed by atoms with Gasteiger partial charge in [0.15, 0.2) is 0 Å². The number of unbranched alkanes of at least 4 members (excludes halogenated alkanes) is 1. The molecule has 7 heteroatoms. The second kappa shape index (κ2) is 7.28. The molecule has 168 valence electrons. The Labute approximate surface area is 191 Å². The first-order valence-electron chi connectivity index (χ1n) is 11.6. The molecule has 6 rings (SSSR count). The van der Waals surface area contributed by atoms with Crippen molar-refractivity contribution in [1.29, 1.82) is 0 Å². The molecular formula is C26H26N4O3. The zero-order chi connectivity index (χ0) is 22.7. The summed E-state index contributed by atoms with van der Waals surface area (Å²) in [5, 5.41) is 7.57. The van der Waals surface area contributed by atoms with Crippen LogP contribution in [0, 0.1) is 11.8 Å². The summed E-state index contributed by atoms with van der Waals surface area (Å²) < 4.78 is 0. The van der Waals surface area contributed by atoms with Crippen LogP contribution in [0.15, 0.2) is 54.7 Å². The molecule has 0 radical (unpaired) electrons. The zero-order valence-electron chi connectivity index (χ0n) is 18.4. The molecule has 2 fully saturated rings. The fraction of sp³-hybridized carbons (Fsp3) is 0.346. The third-order valence-corrected chi connectivity index (χ3v) is 7.56. The molecule has 0 aliphatic carbocycles. The average Bonchev–Trinajstić information content (AvgIpc) is 3.53. The van der Waals surface area contributed by atoms with Crippen molar-refractivity contribution in [2.45, 2.75) is 37.8 Å². The highest BCUT2D eigenvalue weighted by atomic mass is 16.2. The van der Waals surface area contributed by atoms with Crippen LogP contribution < -0.4 is 10.6 Å². The molecular weight excluding hydrogens is 416 g/mol. The Morgan fingerprint density at radius 3 is 2.64 bits per heavy atom. The van der Waals surface area contributed by atoms with Gasteiger partial charge in [-0.3, -0.25) is 24.6 Å². The topological polar surface area (TPSA) is 94.3 Å². The van der Waals surface area contributed by atoms with Gasteiger partial charge in [-0.05, 0) is 30.5 Å². The van der Waals surface area contributed by atoms with Crippen molar-refractivity contribution < 1.29 is 14.4 Å². The summed E-state index contributed by atoms with van der Waals surface area (Å²) in [7, 11) is 0. The average molecular weight is 443 g/mol. The number of hydrogen-bond acceptors (Lipinski definition) is 4. The van der Waals surface area contributed by atoms with E-state index in [0.29, 0.717) is 18.7 Å². The summed E-state index contributed by atoms with van der Waals surface area (Å²) in [5.41, 5.74) is 2.32. The van der Waals surface area contributed by atoms with E-state index in [-0.39, 0.29) is 23.8 Å². The number of benzene rings is 2. The number of para-hydroxylation sites is 2. The number of likely N-dealkylation sites (tertiary alicyclic amines) is 1. The first-order chi connectivity index (χ1) is 16.1. The van der Waals surface area contributed by atoms with Gasteiger partial charge in [0.25, 0.3) is 0 Å². The number of amides is 3. The van der Waals surface area contributed by atoms with E-state index >= 15 is 0 Å². The van der Waals surface area contributed by atoms with Crippen LogP contribution in [0.1, 0.15) is 30.9 Å². The minimum absolute atomic E-state index is 0.162. The first kappa shape index (κ1) is 20.2. The summed E-state index contributed by atoms with van der Waals surface area (Å²) in [4.78, 5) is 45.4. The molecule has 33 heavy (non-hydrogen) atoms. The standard InChI is InChI=1S/C26H26N4O3/c1-2-3-12-30-23(31)21-20(13-15-14-27-18-10-6-4-8-16(15)18)29-26(22(21)24(30)32)17-9-5-7-11-19(17)28-25(26)33/h4-11,14,20-22,27,29H,2-3,12-13H2,1H3,(H,28,33)/t20-,21-,22-,26+/m0/s1. The molecule has 1 spiro atoms. The van der Waals surface area contributed by atoms with Gasteiger partial charge in [-0.15, -0.1) is 0 Å². The molecule has 0 unspecified atom stereocenters. The Morgan fingerprint density at radius 2 is 1.79 bits per heavy atom. The van der Waals surface area contributed by atoms with Crippen molar-refractivity contribution in [3.63, 3.8) is 0 Å². The largest absolute Gasteiger partial charge is 0.361 e. The number of nitrogens with zero attached hydrogens (tertiary/aromatic N) is 1.